The van der Waals surface area contributed by atoms with Gasteiger partial charge in [-0.1, -0.05) is 109 Å². The molecule has 8 aromatic carbocycles. The summed E-state index contributed by atoms with van der Waals surface area (Å²) in [5.74, 6) is 0. The number of aromatic nitrogens is 1. The van der Waals surface area contributed by atoms with Crippen molar-refractivity contribution in [2.45, 2.75) is 0 Å². The van der Waals surface area contributed by atoms with Crippen LogP contribution in [0.25, 0.3) is 71.3 Å². The molecule has 0 bridgehead atoms. The number of hydrogen-bond donors (Lipinski definition) is 0. The molecule has 0 radical (unpaired) electrons. The van der Waals surface area contributed by atoms with Gasteiger partial charge in [0.2, 0.25) is 0 Å². The van der Waals surface area contributed by atoms with Crippen molar-refractivity contribution in [2.24, 2.45) is 0 Å². The van der Waals surface area contributed by atoms with Crippen LogP contribution in [0.15, 0.2) is 186 Å². The lowest BCUT2D eigenvalue weighted by atomic mass is 9.95. The molecule has 10 rings (SSSR count). The molecule has 0 fully saturated rings. The van der Waals surface area contributed by atoms with E-state index in [2.05, 4.69) is 191 Å². The van der Waals surface area contributed by atoms with Gasteiger partial charge in [-0.2, -0.15) is 0 Å². The minimum Gasteiger partial charge on any atom is -0.455 e. The quantitative estimate of drug-likeness (QED) is 0.190. The van der Waals surface area contributed by atoms with E-state index in [4.69, 9.17) is 4.42 Å². The van der Waals surface area contributed by atoms with E-state index in [-0.39, 0.29) is 0 Å². The zero-order valence-electron chi connectivity index (χ0n) is 26.6. The third-order valence-electron chi connectivity index (χ3n) is 9.76. The normalized spacial score (nSPS) is 11.7. The molecule has 0 aliphatic rings. The van der Waals surface area contributed by atoms with Crippen molar-refractivity contribution in [1.82, 2.24) is 4.57 Å². The third kappa shape index (κ3) is 4.37. The molecule has 0 unspecified atom stereocenters. The fourth-order valence-electron chi connectivity index (χ4n) is 7.56. The maximum Gasteiger partial charge on any atom is 0.143 e. The second-order valence-electron chi connectivity index (χ2n) is 12.6. The number of fused-ring (bicyclic) bond motifs is 8. The van der Waals surface area contributed by atoms with Gasteiger partial charge in [-0.15, -0.1) is 0 Å². The SMILES string of the molecule is c1ccc(-c2cc3c4cc(N(c5ccccc5)c5ccc(-n6c7ccccc7c7ccccc76)cc5)ccc4oc3c3ccccc23)cc1. The Bertz CT molecular complexity index is 2760. The van der Waals surface area contributed by atoms with E-state index in [1.807, 2.05) is 0 Å². The van der Waals surface area contributed by atoms with Crippen molar-refractivity contribution in [3.05, 3.63) is 182 Å². The molecule has 0 aliphatic heterocycles. The topological polar surface area (TPSA) is 21.3 Å². The van der Waals surface area contributed by atoms with E-state index in [0.717, 1.165) is 50.1 Å². The fraction of sp³-hybridized carbons (Fsp3) is 0. The Morgan fingerprint density at radius 3 is 1.63 bits per heavy atom. The molecule has 0 spiro atoms. The molecule has 0 aliphatic carbocycles. The number of hydrogen-bond acceptors (Lipinski definition) is 2. The molecule has 0 saturated heterocycles. The van der Waals surface area contributed by atoms with Crippen LogP contribution in [0.2, 0.25) is 0 Å². The summed E-state index contributed by atoms with van der Waals surface area (Å²) in [6, 6.07) is 64.8. The highest BCUT2D eigenvalue weighted by Crippen LogP contribution is 2.43. The van der Waals surface area contributed by atoms with E-state index < -0.39 is 0 Å². The van der Waals surface area contributed by atoms with Crippen molar-refractivity contribution < 1.29 is 4.42 Å². The minimum atomic E-state index is 0.879. The number of benzene rings is 8. The van der Waals surface area contributed by atoms with Crippen LogP contribution in [-0.2, 0) is 0 Å². The number of rotatable bonds is 5. The van der Waals surface area contributed by atoms with E-state index >= 15 is 0 Å². The van der Waals surface area contributed by atoms with Gasteiger partial charge in [-0.05, 0) is 89.3 Å². The van der Waals surface area contributed by atoms with Gasteiger partial charge >= 0.3 is 0 Å². The Balaban J connectivity index is 1.15. The highest BCUT2D eigenvalue weighted by atomic mass is 16.3. The molecule has 3 nitrogen and oxygen atoms in total. The molecule has 0 saturated carbocycles. The van der Waals surface area contributed by atoms with Crippen LogP contribution in [0, 0.1) is 0 Å². The van der Waals surface area contributed by atoms with Crippen LogP contribution in [0.1, 0.15) is 0 Å². The predicted octanol–water partition coefficient (Wildman–Crippen LogP) is 13.0. The monoisotopic (exact) mass is 626 g/mol. The first-order valence-electron chi connectivity index (χ1n) is 16.7. The van der Waals surface area contributed by atoms with Crippen molar-refractivity contribution >= 4 is 71.6 Å². The van der Waals surface area contributed by atoms with Crippen molar-refractivity contribution in [3.8, 4) is 16.8 Å². The lowest BCUT2D eigenvalue weighted by Crippen LogP contribution is -2.09. The Hall–Kier alpha value is -6.58. The second kappa shape index (κ2) is 11.0. The Morgan fingerprint density at radius 2 is 0.939 bits per heavy atom. The van der Waals surface area contributed by atoms with Gasteiger partial charge in [0, 0.05) is 49.7 Å². The number of anilines is 3. The first-order chi connectivity index (χ1) is 24.3. The van der Waals surface area contributed by atoms with Crippen LogP contribution in [0.4, 0.5) is 17.1 Å². The summed E-state index contributed by atoms with van der Waals surface area (Å²) in [7, 11) is 0. The Labute approximate surface area is 283 Å². The standard InChI is InChI=1S/C46H30N2O/c1-3-13-31(14-4-1)40-30-42-41-29-35(27-28-45(41)49-46(42)39-20-8-7-17-36(39)40)47(32-15-5-2-6-16-32)33-23-25-34(26-24-33)48-43-21-11-9-18-37(43)38-19-10-12-22-44(38)48/h1-30H. The average molecular weight is 627 g/mol. The van der Waals surface area contributed by atoms with Gasteiger partial charge in [0.05, 0.1) is 11.0 Å². The minimum absolute atomic E-state index is 0.879. The molecule has 10 aromatic rings. The van der Waals surface area contributed by atoms with Gasteiger partial charge in [0.15, 0.2) is 0 Å². The van der Waals surface area contributed by atoms with Gasteiger partial charge < -0.3 is 13.9 Å². The molecule has 49 heavy (non-hydrogen) atoms. The highest BCUT2D eigenvalue weighted by Gasteiger charge is 2.19. The summed E-state index contributed by atoms with van der Waals surface area (Å²) in [6.45, 7) is 0. The van der Waals surface area contributed by atoms with Gasteiger partial charge in [-0.25, -0.2) is 0 Å². The number of para-hydroxylation sites is 3. The second-order valence-corrected chi connectivity index (χ2v) is 12.6. The fourth-order valence-corrected chi connectivity index (χ4v) is 7.56. The summed E-state index contributed by atoms with van der Waals surface area (Å²) in [5, 5.41) is 7.04. The summed E-state index contributed by atoms with van der Waals surface area (Å²) in [6.07, 6.45) is 0. The summed E-state index contributed by atoms with van der Waals surface area (Å²) in [4.78, 5) is 2.33. The molecular weight excluding hydrogens is 597 g/mol. The molecule has 2 heterocycles. The lowest BCUT2D eigenvalue weighted by Gasteiger charge is -2.26. The lowest BCUT2D eigenvalue weighted by molar-refractivity contribution is 0.672. The Morgan fingerprint density at radius 1 is 0.388 bits per heavy atom. The summed E-state index contributed by atoms with van der Waals surface area (Å²) >= 11 is 0. The molecule has 3 heteroatoms. The van der Waals surface area contributed by atoms with E-state index in [0.29, 0.717) is 0 Å². The first kappa shape index (κ1) is 27.5. The van der Waals surface area contributed by atoms with Crippen LogP contribution in [-0.4, -0.2) is 4.57 Å². The molecule has 0 amide bonds. The van der Waals surface area contributed by atoms with E-state index in [9.17, 15) is 0 Å². The first-order valence-corrected chi connectivity index (χ1v) is 16.7. The molecule has 230 valence electrons. The van der Waals surface area contributed by atoms with Gasteiger partial charge in [0.1, 0.15) is 11.2 Å². The van der Waals surface area contributed by atoms with Gasteiger partial charge in [0.25, 0.3) is 0 Å². The third-order valence-corrected chi connectivity index (χ3v) is 9.76. The molecular formula is C46H30N2O. The van der Waals surface area contributed by atoms with Crippen molar-refractivity contribution in [1.29, 1.82) is 0 Å². The zero-order valence-corrected chi connectivity index (χ0v) is 26.6. The van der Waals surface area contributed by atoms with E-state index in [1.54, 1.807) is 0 Å². The number of nitrogens with zero attached hydrogens (tertiary/aromatic N) is 2. The van der Waals surface area contributed by atoms with E-state index in [1.165, 1.54) is 38.3 Å². The summed E-state index contributed by atoms with van der Waals surface area (Å²) < 4.78 is 8.97. The van der Waals surface area contributed by atoms with Crippen molar-refractivity contribution in [3.63, 3.8) is 0 Å². The van der Waals surface area contributed by atoms with Crippen LogP contribution in [0.5, 0.6) is 0 Å². The summed E-state index contributed by atoms with van der Waals surface area (Å²) in [5.41, 5.74) is 11.0. The van der Waals surface area contributed by atoms with Crippen molar-refractivity contribution in [2.75, 3.05) is 4.90 Å². The van der Waals surface area contributed by atoms with Crippen LogP contribution in [0.3, 0.4) is 0 Å². The zero-order chi connectivity index (χ0) is 32.3. The Kier molecular flexibility index (Phi) is 6.18. The highest BCUT2D eigenvalue weighted by molar-refractivity contribution is 6.19. The number of furan rings is 1. The molecule has 2 aromatic heterocycles. The maximum absolute atomic E-state index is 6.61. The van der Waals surface area contributed by atoms with Gasteiger partial charge in [-0.3, -0.25) is 0 Å². The largest absolute Gasteiger partial charge is 0.455 e. The van der Waals surface area contributed by atoms with Crippen LogP contribution < -0.4 is 4.90 Å². The molecule has 0 N–H and O–H groups in total. The van der Waals surface area contributed by atoms with Crippen LogP contribution >= 0.6 is 0 Å². The molecule has 0 atom stereocenters. The smallest absolute Gasteiger partial charge is 0.143 e. The average Bonchev–Trinajstić information content (AvgIpc) is 3.71. The maximum atomic E-state index is 6.61. The predicted molar refractivity (Wildman–Crippen MR) is 206 cm³/mol.